The highest BCUT2D eigenvalue weighted by atomic mass is 19.1. The van der Waals surface area contributed by atoms with Crippen LogP contribution in [-0.2, 0) is 11.3 Å². The van der Waals surface area contributed by atoms with E-state index in [0.717, 1.165) is 37.2 Å². The van der Waals surface area contributed by atoms with E-state index >= 15 is 0 Å². The third kappa shape index (κ3) is 6.91. The Morgan fingerprint density at radius 1 is 1.20 bits per heavy atom. The summed E-state index contributed by atoms with van der Waals surface area (Å²) in [4.78, 5) is 19.7. The van der Waals surface area contributed by atoms with E-state index in [1.165, 1.54) is 25.0 Å². The molecule has 0 bridgehead atoms. The molecule has 0 saturated carbocycles. The van der Waals surface area contributed by atoms with Crippen molar-refractivity contribution in [3.05, 3.63) is 65.7 Å². The molecule has 2 heterocycles. The van der Waals surface area contributed by atoms with E-state index in [1.54, 1.807) is 6.20 Å². The zero-order chi connectivity index (χ0) is 21.6. The van der Waals surface area contributed by atoms with Crippen molar-refractivity contribution in [1.82, 2.24) is 15.2 Å². The monoisotopic (exact) mass is 411 g/mol. The molecule has 1 saturated heterocycles. The molecule has 162 valence electrons. The van der Waals surface area contributed by atoms with Crippen molar-refractivity contribution >= 4 is 5.91 Å². The van der Waals surface area contributed by atoms with Crippen molar-refractivity contribution in [2.45, 2.75) is 71.5 Å². The summed E-state index contributed by atoms with van der Waals surface area (Å²) in [5, 5.41) is 3.25. The molecule has 1 N–H and O–H groups in total. The Morgan fingerprint density at radius 2 is 1.97 bits per heavy atom. The number of nitrogens with one attached hydrogen (secondary N) is 1. The number of hydrogen-bond acceptors (Lipinski definition) is 3. The Balaban J connectivity index is 1.73. The van der Waals surface area contributed by atoms with E-state index in [0.29, 0.717) is 12.5 Å². The summed E-state index contributed by atoms with van der Waals surface area (Å²) in [6, 6.07) is 12.9. The summed E-state index contributed by atoms with van der Waals surface area (Å²) in [6.45, 7) is 8.05. The summed E-state index contributed by atoms with van der Waals surface area (Å²) in [5.74, 6) is -0.134. The molecule has 1 aromatic heterocycles. The van der Waals surface area contributed by atoms with Crippen LogP contribution < -0.4 is 5.32 Å². The average molecular weight is 412 g/mol. The summed E-state index contributed by atoms with van der Waals surface area (Å²) in [5.41, 5.74) is 1.97. The highest BCUT2D eigenvalue weighted by Crippen LogP contribution is 2.28. The first kappa shape index (κ1) is 22.4. The number of piperidine rings is 1. The SMILES string of the molecule is CC(C)(C)CC(=O)N[C@@H](C[C@@H]1CCCCN1Cc1ccc(F)cc1)c1ccccn1. The van der Waals surface area contributed by atoms with Gasteiger partial charge in [0.1, 0.15) is 5.82 Å². The molecule has 30 heavy (non-hydrogen) atoms. The summed E-state index contributed by atoms with van der Waals surface area (Å²) < 4.78 is 13.3. The first-order chi connectivity index (χ1) is 14.3. The van der Waals surface area contributed by atoms with Gasteiger partial charge in [0.25, 0.3) is 0 Å². The summed E-state index contributed by atoms with van der Waals surface area (Å²) in [6.07, 6.45) is 6.56. The smallest absolute Gasteiger partial charge is 0.221 e. The van der Waals surface area contributed by atoms with Gasteiger partial charge in [0.15, 0.2) is 0 Å². The number of halogens is 1. The molecular formula is C25H34FN3O. The molecule has 2 aromatic rings. The van der Waals surface area contributed by atoms with Gasteiger partial charge in [0, 0.05) is 25.2 Å². The van der Waals surface area contributed by atoms with Crippen molar-refractivity contribution in [2.24, 2.45) is 5.41 Å². The lowest BCUT2D eigenvalue weighted by Crippen LogP contribution is -2.42. The highest BCUT2D eigenvalue weighted by molar-refractivity contribution is 5.77. The summed E-state index contributed by atoms with van der Waals surface area (Å²) >= 11 is 0. The Morgan fingerprint density at radius 3 is 2.63 bits per heavy atom. The van der Waals surface area contributed by atoms with Gasteiger partial charge in [-0.05, 0) is 61.1 Å². The number of carbonyl (C=O) groups excluding carboxylic acids is 1. The molecule has 1 aromatic carbocycles. The molecule has 0 radical (unpaired) electrons. The van der Waals surface area contributed by atoms with E-state index in [2.05, 4.69) is 36.0 Å². The molecule has 1 aliphatic rings. The van der Waals surface area contributed by atoms with Gasteiger partial charge >= 0.3 is 0 Å². The predicted molar refractivity (Wildman–Crippen MR) is 118 cm³/mol. The molecule has 3 rings (SSSR count). The predicted octanol–water partition coefficient (Wildman–Crippen LogP) is 5.26. The fourth-order valence-electron chi connectivity index (χ4n) is 4.19. The number of benzene rings is 1. The van der Waals surface area contributed by atoms with Crippen molar-refractivity contribution in [3.63, 3.8) is 0 Å². The summed E-state index contributed by atoms with van der Waals surface area (Å²) in [7, 11) is 0. The van der Waals surface area contributed by atoms with Crippen LogP contribution in [0, 0.1) is 11.2 Å². The second kappa shape index (κ2) is 10.2. The van der Waals surface area contributed by atoms with Gasteiger partial charge in [-0.15, -0.1) is 0 Å². The van der Waals surface area contributed by atoms with Gasteiger partial charge < -0.3 is 5.32 Å². The van der Waals surface area contributed by atoms with Gasteiger partial charge in [0.2, 0.25) is 5.91 Å². The average Bonchev–Trinajstić information content (AvgIpc) is 2.70. The lowest BCUT2D eigenvalue weighted by atomic mass is 9.90. The molecule has 1 aliphatic heterocycles. The minimum atomic E-state index is -0.203. The van der Waals surface area contributed by atoms with Crippen LogP contribution in [0.1, 0.15) is 70.2 Å². The van der Waals surface area contributed by atoms with Crippen LogP contribution in [0.5, 0.6) is 0 Å². The maximum atomic E-state index is 13.3. The third-order valence-electron chi connectivity index (χ3n) is 5.63. The van der Waals surface area contributed by atoms with Gasteiger partial charge in [0.05, 0.1) is 11.7 Å². The number of aromatic nitrogens is 1. The fraction of sp³-hybridized carbons (Fsp3) is 0.520. The van der Waals surface area contributed by atoms with E-state index in [9.17, 15) is 9.18 Å². The first-order valence-corrected chi connectivity index (χ1v) is 11.0. The fourth-order valence-corrected chi connectivity index (χ4v) is 4.19. The van der Waals surface area contributed by atoms with Crippen molar-refractivity contribution in [1.29, 1.82) is 0 Å². The van der Waals surface area contributed by atoms with Gasteiger partial charge in [-0.25, -0.2) is 4.39 Å². The Labute approximate surface area is 179 Å². The van der Waals surface area contributed by atoms with E-state index in [1.807, 2.05) is 30.3 Å². The number of amides is 1. The van der Waals surface area contributed by atoms with Crippen molar-refractivity contribution < 1.29 is 9.18 Å². The lowest BCUT2D eigenvalue weighted by Gasteiger charge is -2.38. The molecule has 0 unspecified atom stereocenters. The molecular weight excluding hydrogens is 377 g/mol. The number of rotatable bonds is 7. The second-order valence-corrected chi connectivity index (χ2v) is 9.59. The number of pyridine rings is 1. The van der Waals surface area contributed by atoms with E-state index in [4.69, 9.17) is 0 Å². The van der Waals surface area contributed by atoms with Gasteiger partial charge in [-0.2, -0.15) is 0 Å². The van der Waals surface area contributed by atoms with Crippen LogP contribution in [0.3, 0.4) is 0 Å². The number of hydrogen-bond donors (Lipinski definition) is 1. The van der Waals surface area contributed by atoms with Crippen molar-refractivity contribution in [2.75, 3.05) is 6.54 Å². The highest BCUT2D eigenvalue weighted by Gasteiger charge is 2.28. The molecule has 0 spiro atoms. The number of nitrogens with zero attached hydrogens (tertiary/aromatic N) is 2. The van der Waals surface area contributed by atoms with Crippen LogP contribution in [0.4, 0.5) is 4.39 Å². The van der Waals surface area contributed by atoms with Gasteiger partial charge in [-0.1, -0.05) is 45.4 Å². The first-order valence-electron chi connectivity index (χ1n) is 11.0. The number of carbonyl (C=O) groups is 1. The maximum absolute atomic E-state index is 13.3. The zero-order valence-corrected chi connectivity index (χ0v) is 18.4. The maximum Gasteiger partial charge on any atom is 0.221 e. The second-order valence-electron chi connectivity index (χ2n) is 9.59. The van der Waals surface area contributed by atoms with Crippen LogP contribution in [0.25, 0.3) is 0 Å². The molecule has 0 aliphatic carbocycles. The standard InChI is InChI=1S/C25H34FN3O/c1-25(2,3)17-24(30)28-23(22-9-4-6-14-27-22)16-21-8-5-7-15-29(21)18-19-10-12-20(26)13-11-19/h4,6,9-14,21,23H,5,7-8,15-18H2,1-3H3,(H,28,30)/t21-,23-/m0/s1. The third-order valence-corrected chi connectivity index (χ3v) is 5.63. The Bertz CT molecular complexity index is 801. The van der Waals surface area contributed by atoms with Gasteiger partial charge in [-0.3, -0.25) is 14.7 Å². The van der Waals surface area contributed by atoms with Crippen LogP contribution in [0.15, 0.2) is 48.7 Å². The van der Waals surface area contributed by atoms with Crippen LogP contribution >= 0.6 is 0 Å². The van der Waals surface area contributed by atoms with Crippen LogP contribution in [0.2, 0.25) is 0 Å². The quantitative estimate of drug-likeness (QED) is 0.676. The Hall–Kier alpha value is -2.27. The van der Waals surface area contributed by atoms with E-state index < -0.39 is 0 Å². The van der Waals surface area contributed by atoms with E-state index in [-0.39, 0.29) is 23.2 Å². The Kier molecular flexibility index (Phi) is 7.59. The van der Waals surface area contributed by atoms with Crippen molar-refractivity contribution in [3.8, 4) is 0 Å². The zero-order valence-electron chi connectivity index (χ0n) is 18.4. The molecule has 1 fully saturated rings. The molecule has 4 nitrogen and oxygen atoms in total. The molecule has 5 heteroatoms. The lowest BCUT2D eigenvalue weighted by molar-refractivity contribution is -0.123. The van der Waals surface area contributed by atoms with Crippen LogP contribution in [-0.4, -0.2) is 28.4 Å². The minimum absolute atomic E-state index is 0.0573. The molecule has 2 atom stereocenters. The normalized spacial score (nSPS) is 18.7. The largest absolute Gasteiger partial charge is 0.348 e. The number of likely N-dealkylation sites (tertiary alicyclic amines) is 1. The molecule has 1 amide bonds. The minimum Gasteiger partial charge on any atom is -0.348 e. The topological polar surface area (TPSA) is 45.2 Å².